The monoisotopic (exact) mass is 234 g/mol. The van der Waals surface area contributed by atoms with Gasteiger partial charge in [0.1, 0.15) is 0 Å². The summed E-state index contributed by atoms with van der Waals surface area (Å²) in [4.78, 5) is 0. The molecule has 0 spiro atoms. The second-order valence-corrected chi connectivity index (χ2v) is 6.41. The van der Waals surface area contributed by atoms with E-state index < -0.39 is 9.84 Å². The number of rotatable bonds is 6. The van der Waals surface area contributed by atoms with Crippen molar-refractivity contribution in [2.45, 2.75) is 32.6 Å². The summed E-state index contributed by atoms with van der Waals surface area (Å²) in [5.74, 6) is 0.601. The first-order chi connectivity index (χ1) is 7.14. The molecule has 0 aliphatic carbocycles. The third-order valence-corrected chi connectivity index (χ3v) is 4.32. The highest BCUT2D eigenvalue weighted by atomic mass is 32.2. The molecule has 5 heteroatoms. The topological polar surface area (TPSA) is 49.4 Å². The highest BCUT2D eigenvalue weighted by Crippen LogP contribution is 2.02. The van der Waals surface area contributed by atoms with Gasteiger partial charge in [0.2, 0.25) is 0 Å². The zero-order valence-corrected chi connectivity index (χ0v) is 10.4. The van der Waals surface area contributed by atoms with Crippen LogP contribution in [0.3, 0.4) is 0 Å². The quantitative estimate of drug-likeness (QED) is 0.691. The predicted molar refractivity (Wildman–Crippen MR) is 62.4 cm³/mol. The van der Waals surface area contributed by atoms with E-state index >= 15 is 0 Å². The third kappa shape index (κ3) is 5.49. The van der Waals surface area contributed by atoms with Crippen LogP contribution >= 0.6 is 0 Å². The molecule has 1 N–H and O–H groups in total. The highest BCUT2D eigenvalue weighted by molar-refractivity contribution is 7.91. The van der Waals surface area contributed by atoms with Crippen molar-refractivity contribution in [1.82, 2.24) is 10.4 Å². The van der Waals surface area contributed by atoms with Crippen LogP contribution in [0.2, 0.25) is 0 Å². The normalized spacial score (nSPS) is 21.7. The molecule has 15 heavy (non-hydrogen) atoms. The molecule has 90 valence electrons. The van der Waals surface area contributed by atoms with Crippen molar-refractivity contribution in [3.8, 4) is 0 Å². The maximum Gasteiger partial charge on any atom is 0.152 e. The van der Waals surface area contributed by atoms with Gasteiger partial charge in [0.25, 0.3) is 0 Å². The average molecular weight is 234 g/mol. The van der Waals surface area contributed by atoms with Gasteiger partial charge in [-0.2, -0.15) is 0 Å². The number of hydrogen-bond donors (Lipinski definition) is 1. The summed E-state index contributed by atoms with van der Waals surface area (Å²) in [6, 6.07) is 0. The molecule has 0 radical (unpaired) electrons. The minimum Gasteiger partial charge on any atom is -0.255 e. The molecule has 0 atom stereocenters. The number of sulfone groups is 1. The lowest BCUT2D eigenvalue weighted by molar-refractivity contribution is 0.202. The van der Waals surface area contributed by atoms with Gasteiger partial charge in [0, 0.05) is 19.6 Å². The van der Waals surface area contributed by atoms with Gasteiger partial charge < -0.3 is 0 Å². The molecule has 4 nitrogen and oxygen atoms in total. The first-order valence-electron chi connectivity index (χ1n) is 5.83. The van der Waals surface area contributed by atoms with Crippen molar-refractivity contribution in [2.24, 2.45) is 0 Å². The van der Waals surface area contributed by atoms with Crippen LogP contribution in [0.5, 0.6) is 0 Å². The molecule has 1 fully saturated rings. The van der Waals surface area contributed by atoms with Crippen LogP contribution in [0, 0.1) is 0 Å². The molecule has 0 amide bonds. The molecule has 1 saturated heterocycles. The molecule has 0 aromatic carbocycles. The zero-order valence-electron chi connectivity index (χ0n) is 9.54. The standard InChI is InChI=1S/C10H22N2O2S/c1-2-3-4-5-6-11-12-7-9-15(13,14)10-8-12/h11H,2-10H2,1H3. The van der Waals surface area contributed by atoms with Gasteiger partial charge in [-0.25, -0.2) is 13.4 Å². The fraction of sp³-hybridized carbons (Fsp3) is 1.00. The van der Waals surface area contributed by atoms with E-state index in [9.17, 15) is 8.42 Å². The summed E-state index contributed by atoms with van der Waals surface area (Å²) in [6.07, 6.45) is 4.98. The molecular weight excluding hydrogens is 212 g/mol. The fourth-order valence-corrected chi connectivity index (χ4v) is 2.86. The second-order valence-electron chi connectivity index (χ2n) is 4.11. The molecule has 0 aromatic rings. The Balaban J connectivity index is 2.04. The molecule has 1 aliphatic heterocycles. The molecule has 0 aromatic heterocycles. The van der Waals surface area contributed by atoms with E-state index in [0.29, 0.717) is 24.6 Å². The van der Waals surface area contributed by atoms with E-state index in [1.54, 1.807) is 0 Å². The van der Waals surface area contributed by atoms with Crippen LogP contribution in [0.4, 0.5) is 0 Å². The minimum absolute atomic E-state index is 0.301. The van der Waals surface area contributed by atoms with Crippen LogP contribution in [0.1, 0.15) is 32.6 Å². The van der Waals surface area contributed by atoms with Gasteiger partial charge in [-0.1, -0.05) is 26.2 Å². The van der Waals surface area contributed by atoms with Crippen LogP contribution < -0.4 is 5.43 Å². The van der Waals surface area contributed by atoms with Gasteiger partial charge in [0.15, 0.2) is 9.84 Å². The zero-order chi connectivity index (χ0) is 11.1. The van der Waals surface area contributed by atoms with E-state index in [2.05, 4.69) is 12.3 Å². The highest BCUT2D eigenvalue weighted by Gasteiger charge is 2.20. The summed E-state index contributed by atoms with van der Waals surface area (Å²) in [7, 11) is -2.74. The van der Waals surface area contributed by atoms with Crippen LogP contribution in [-0.2, 0) is 9.84 Å². The van der Waals surface area contributed by atoms with E-state index in [0.717, 1.165) is 6.54 Å². The number of nitrogens with zero attached hydrogens (tertiary/aromatic N) is 1. The molecule has 1 rings (SSSR count). The average Bonchev–Trinajstić information content (AvgIpc) is 2.20. The Labute approximate surface area is 92.9 Å². The Kier molecular flexibility index (Phi) is 5.56. The van der Waals surface area contributed by atoms with Gasteiger partial charge in [-0.15, -0.1) is 0 Å². The van der Waals surface area contributed by atoms with Crippen LogP contribution in [0.15, 0.2) is 0 Å². The van der Waals surface area contributed by atoms with Crippen LogP contribution in [0.25, 0.3) is 0 Å². The SMILES string of the molecule is CCCCCCNN1CCS(=O)(=O)CC1. The fourth-order valence-electron chi connectivity index (χ4n) is 1.66. The lowest BCUT2D eigenvalue weighted by Gasteiger charge is -2.27. The Morgan fingerprint density at radius 3 is 2.40 bits per heavy atom. The van der Waals surface area contributed by atoms with E-state index in [1.165, 1.54) is 25.7 Å². The van der Waals surface area contributed by atoms with Gasteiger partial charge >= 0.3 is 0 Å². The minimum atomic E-state index is -2.74. The Bertz CT molecular complexity index is 251. The third-order valence-electron chi connectivity index (χ3n) is 2.71. The lowest BCUT2D eigenvalue weighted by atomic mass is 10.2. The summed E-state index contributed by atoms with van der Waals surface area (Å²) < 4.78 is 22.3. The molecule has 1 heterocycles. The Morgan fingerprint density at radius 2 is 1.80 bits per heavy atom. The summed E-state index contributed by atoms with van der Waals surface area (Å²) in [5, 5.41) is 2.03. The number of nitrogens with one attached hydrogen (secondary N) is 1. The van der Waals surface area contributed by atoms with Crippen molar-refractivity contribution >= 4 is 9.84 Å². The largest absolute Gasteiger partial charge is 0.255 e. The molecular formula is C10H22N2O2S. The van der Waals surface area contributed by atoms with Gasteiger partial charge in [-0.05, 0) is 6.42 Å². The Hall–Kier alpha value is -0.130. The van der Waals surface area contributed by atoms with Gasteiger partial charge in [0.05, 0.1) is 11.5 Å². The van der Waals surface area contributed by atoms with E-state index in [1.807, 2.05) is 5.01 Å². The lowest BCUT2D eigenvalue weighted by Crippen LogP contribution is -2.48. The van der Waals surface area contributed by atoms with Crippen LogP contribution in [-0.4, -0.2) is 44.6 Å². The van der Waals surface area contributed by atoms with E-state index in [-0.39, 0.29) is 0 Å². The summed E-state index contributed by atoms with van der Waals surface area (Å²) in [5.41, 5.74) is 3.29. The van der Waals surface area contributed by atoms with E-state index in [4.69, 9.17) is 0 Å². The maximum absolute atomic E-state index is 11.2. The van der Waals surface area contributed by atoms with Gasteiger partial charge in [-0.3, -0.25) is 5.43 Å². The summed E-state index contributed by atoms with van der Waals surface area (Å²) >= 11 is 0. The van der Waals surface area contributed by atoms with Crippen molar-refractivity contribution in [3.63, 3.8) is 0 Å². The molecule has 0 saturated carbocycles. The second kappa shape index (κ2) is 6.45. The number of hydrogen-bond acceptors (Lipinski definition) is 4. The van der Waals surface area contributed by atoms with Crippen molar-refractivity contribution in [1.29, 1.82) is 0 Å². The molecule has 1 aliphatic rings. The number of unbranched alkanes of at least 4 members (excludes halogenated alkanes) is 3. The molecule has 0 unspecified atom stereocenters. The van der Waals surface area contributed by atoms with Crippen molar-refractivity contribution in [3.05, 3.63) is 0 Å². The maximum atomic E-state index is 11.2. The molecule has 0 bridgehead atoms. The van der Waals surface area contributed by atoms with Crippen molar-refractivity contribution < 1.29 is 8.42 Å². The smallest absolute Gasteiger partial charge is 0.152 e. The first kappa shape index (κ1) is 12.9. The first-order valence-corrected chi connectivity index (χ1v) is 7.65. The summed E-state index contributed by atoms with van der Waals surface area (Å²) in [6.45, 7) is 4.44. The van der Waals surface area contributed by atoms with Crippen molar-refractivity contribution in [2.75, 3.05) is 31.1 Å². The predicted octanol–water partition coefficient (Wildman–Crippen LogP) is 0.802. The number of hydrazine groups is 1. The Morgan fingerprint density at radius 1 is 1.13 bits per heavy atom.